The first-order valence-corrected chi connectivity index (χ1v) is 5.69. The van der Waals surface area contributed by atoms with Crippen molar-refractivity contribution in [2.75, 3.05) is 5.73 Å². The molecule has 5 nitrogen and oxygen atoms in total. The van der Waals surface area contributed by atoms with E-state index in [-0.39, 0.29) is 0 Å². The van der Waals surface area contributed by atoms with Gasteiger partial charge in [-0.3, -0.25) is 4.98 Å². The van der Waals surface area contributed by atoms with Gasteiger partial charge in [-0.25, -0.2) is 9.97 Å². The van der Waals surface area contributed by atoms with Crippen molar-refractivity contribution in [3.63, 3.8) is 0 Å². The van der Waals surface area contributed by atoms with Crippen molar-refractivity contribution in [2.24, 2.45) is 0 Å². The van der Waals surface area contributed by atoms with Crippen LogP contribution in [0, 0.1) is 6.92 Å². The second kappa shape index (κ2) is 3.84. The van der Waals surface area contributed by atoms with E-state index in [2.05, 4.69) is 19.9 Å². The van der Waals surface area contributed by atoms with E-state index in [1.807, 2.05) is 33.0 Å². The number of nitrogens with two attached hydrogens (primary N) is 1. The maximum absolute atomic E-state index is 5.84. The molecule has 6 heteroatoms. The van der Waals surface area contributed by atoms with E-state index >= 15 is 0 Å². The van der Waals surface area contributed by atoms with Gasteiger partial charge >= 0.3 is 0 Å². The third kappa shape index (κ3) is 1.71. The minimum absolute atomic E-state index is 0.386. The molecule has 0 atom stereocenters. The van der Waals surface area contributed by atoms with Crippen LogP contribution in [0.4, 0.5) is 5.82 Å². The van der Waals surface area contributed by atoms with E-state index in [9.17, 15) is 0 Å². The van der Waals surface area contributed by atoms with E-state index in [1.54, 1.807) is 6.20 Å². The van der Waals surface area contributed by atoms with Crippen LogP contribution in [0.25, 0.3) is 22.6 Å². The van der Waals surface area contributed by atoms with Crippen LogP contribution in [-0.2, 0) is 0 Å². The number of fused-ring (bicyclic) bond motifs is 1. The number of nitrogens with zero attached hydrogens (tertiary/aromatic N) is 3. The molecule has 0 aliphatic rings. The van der Waals surface area contributed by atoms with Gasteiger partial charge in [0, 0.05) is 11.8 Å². The second-order valence-corrected chi connectivity index (χ2v) is 4.35. The van der Waals surface area contributed by atoms with Gasteiger partial charge in [0.25, 0.3) is 0 Å². The lowest BCUT2D eigenvalue weighted by Crippen LogP contribution is -2.12. The molecule has 3 aromatic rings. The van der Waals surface area contributed by atoms with Crippen LogP contribution in [0.5, 0.6) is 0 Å². The first-order chi connectivity index (χ1) is 8.63. The number of rotatable bonds is 1. The molecule has 3 N–H and O–H groups in total. The van der Waals surface area contributed by atoms with Gasteiger partial charge in [0.05, 0.1) is 11.0 Å². The molecule has 0 fully saturated rings. The van der Waals surface area contributed by atoms with Crippen molar-refractivity contribution >= 4 is 30.3 Å². The number of aromatic nitrogens is 4. The molecule has 2 aromatic heterocycles. The minimum Gasteiger partial charge on any atom is -0.382 e. The smallest absolute Gasteiger partial charge is 0.166 e. The molecule has 0 aliphatic heterocycles. The Morgan fingerprint density at radius 1 is 1.28 bits per heavy atom. The molecule has 0 radical (unpaired) electrons. The van der Waals surface area contributed by atoms with Gasteiger partial charge in [-0.15, -0.1) is 0 Å². The number of hydrogen-bond donors (Lipinski definition) is 2. The molecule has 2 heterocycles. The molecule has 0 saturated carbocycles. The zero-order valence-corrected chi connectivity index (χ0v) is 10.2. The van der Waals surface area contributed by atoms with Gasteiger partial charge in [-0.1, -0.05) is 6.07 Å². The Labute approximate surface area is 105 Å². The van der Waals surface area contributed by atoms with E-state index in [0.29, 0.717) is 17.3 Å². The molecule has 0 aliphatic carbocycles. The SMILES string of the molecule is Bc1cnc(N)c(-c2nc3ccc(C)cc3[nH]2)n1. The van der Waals surface area contributed by atoms with Gasteiger partial charge < -0.3 is 10.7 Å². The molecule has 88 valence electrons. The lowest BCUT2D eigenvalue weighted by atomic mass is 10.1. The average molecular weight is 237 g/mol. The van der Waals surface area contributed by atoms with Crippen LogP contribution in [0.1, 0.15) is 5.56 Å². The quantitative estimate of drug-likeness (QED) is 0.591. The first-order valence-electron chi connectivity index (χ1n) is 5.69. The van der Waals surface area contributed by atoms with Crippen LogP contribution in [0.3, 0.4) is 0 Å². The molecule has 0 unspecified atom stereocenters. The number of nitrogen functional groups attached to an aromatic ring is 1. The predicted octanol–water partition coefficient (Wildman–Crippen LogP) is 0.169. The predicted molar refractivity (Wildman–Crippen MR) is 74.4 cm³/mol. The van der Waals surface area contributed by atoms with Crippen molar-refractivity contribution in [3.05, 3.63) is 30.0 Å². The summed E-state index contributed by atoms with van der Waals surface area (Å²) in [4.78, 5) is 16.2. The highest BCUT2D eigenvalue weighted by atomic mass is 15.0. The highest BCUT2D eigenvalue weighted by molar-refractivity contribution is 6.30. The lowest BCUT2D eigenvalue weighted by molar-refractivity contribution is 1.20. The highest BCUT2D eigenvalue weighted by Gasteiger charge is 2.11. The fourth-order valence-corrected chi connectivity index (χ4v) is 1.90. The number of aromatic amines is 1. The average Bonchev–Trinajstić information content (AvgIpc) is 2.74. The number of imidazole rings is 1. The zero-order chi connectivity index (χ0) is 12.7. The van der Waals surface area contributed by atoms with E-state index in [0.717, 1.165) is 16.6 Å². The van der Waals surface area contributed by atoms with E-state index in [4.69, 9.17) is 5.73 Å². The van der Waals surface area contributed by atoms with Crippen LogP contribution in [0.2, 0.25) is 0 Å². The van der Waals surface area contributed by atoms with Gasteiger partial charge in [-0.2, -0.15) is 0 Å². The van der Waals surface area contributed by atoms with Crippen molar-refractivity contribution in [1.29, 1.82) is 0 Å². The summed E-state index contributed by atoms with van der Waals surface area (Å²) in [7, 11) is 1.88. The van der Waals surface area contributed by atoms with E-state index in [1.165, 1.54) is 5.56 Å². The van der Waals surface area contributed by atoms with Crippen LogP contribution in [-0.4, -0.2) is 27.8 Å². The summed E-state index contributed by atoms with van der Waals surface area (Å²) in [6.07, 6.45) is 1.64. The number of nitrogens with one attached hydrogen (secondary N) is 1. The van der Waals surface area contributed by atoms with Gasteiger partial charge in [0.2, 0.25) is 0 Å². The molecule has 0 amide bonds. The van der Waals surface area contributed by atoms with Crippen molar-refractivity contribution in [1.82, 2.24) is 19.9 Å². The summed E-state index contributed by atoms with van der Waals surface area (Å²) in [6.45, 7) is 2.04. The molecule has 3 rings (SSSR count). The Bertz CT molecular complexity index is 734. The summed E-state index contributed by atoms with van der Waals surface area (Å²) in [5.41, 5.74) is 10.3. The Kier molecular flexibility index (Phi) is 2.29. The minimum atomic E-state index is 0.386. The van der Waals surface area contributed by atoms with Crippen LogP contribution in [0.15, 0.2) is 24.4 Å². The summed E-state index contributed by atoms with van der Waals surface area (Å²) in [5.74, 6) is 1.04. The fourth-order valence-electron chi connectivity index (χ4n) is 1.90. The van der Waals surface area contributed by atoms with Crippen LogP contribution < -0.4 is 11.3 Å². The normalized spacial score (nSPS) is 10.9. The molecule has 0 spiro atoms. The lowest BCUT2D eigenvalue weighted by Gasteiger charge is -2.01. The van der Waals surface area contributed by atoms with Crippen molar-refractivity contribution in [3.8, 4) is 11.5 Å². The summed E-state index contributed by atoms with van der Waals surface area (Å²) < 4.78 is 0. The molecular formula is C12H12BN5. The highest BCUT2D eigenvalue weighted by Crippen LogP contribution is 2.21. The number of anilines is 1. The van der Waals surface area contributed by atoms with Gasteiger partial charge in [-0.05, 0) is 24.6 Å². The third-order valence-electron chi connectivity index (χ3n) is 2.78. The number of benzene rings is 1. The Morgan fingerprint density at radius 3 is 2.94 bits per heavy atom. The maximum Gasteiger partial charge on any atom is 0.166 e. The van der Waals surface area contributed by atoms with Crippen molar-refractivity contribution in [2.45, 2.75) is 6.92 Å². The fraction of sp³-hybridized carbons (Fsp3) is 0.0833. The summed E-state index contributed by atoms with van der Waals surface area (Å²) >= 11 is 0. The number of hydrogen-bond acceptors (Lipinski definition) is 4. The van der Waals surface area contributed by atoms with Gasteiger partial charge in [0.15, 0.2) is 19.5 Å². The Hall–Kier alpha value is -2.37. The molecule has 18 heavy (non-hydrogen) atoms. The standard InChI is InChI=1S/C12H12BN5/c1-6-2-3-7-8(4-6)17-12(16-7)10-11(14)15-5-9(13)18-10/h2-5H,13H2,1H3,(H2,14,15)(H,16,17). The zero-order valence-electron chi connectivity index (χ0n) is 10.2. The molecular weight excluding hydrogens is 225 g/mol. The summed E-state index contributed by atoms with van der Waals surface area (Å²) in [6, 6.07) is 6.05. The van der Waals surface area contributed by atoms with Crippen molar-refractivity contribution < 1.29 is 0 Å². The third-order valence-corrected chi connectivity index (χ3v) is 2.78. The first kappa shape index (κ1) is 10.8. The van der Waals surface area contributed by atoms with Gasteiger partial charge in [0.1, 0.15) is 5.69 Å². The second-order valence-electron chi connectivity index (χ2n) is 4.35. The maximum atomic E-state index is 5.84. The monoisotopic (exact) mass is 237 g/mol. The molecule has 1 aromatic carbocycles. The molecule has 0 bridgehead atoms. The number of H-pyrrole nitrogens is 1. The largest absolute Gasteiger partial charge is 0.382 e. The molecule has 0 saturated heterocycles. The van der Waals surface area contributed by atoms with E-state index < -0.39 is 0 Å². The topological polar surface area (TPSA) is 80.5 Å². The Balaban J connectivity index is 2.22. The van der Waals surface area contributed by atoms with Crippen LogP contribution >= 0.6 is 0 Å². The summed E-state index contributed by atoms with van der Waals surface area (Å²) in [5, 5.41) is 0. The Morgan fingerprint density at radius 2 is 2.11 bits per heavy atom. The number of aryl methyl sites for hydroxylation is 1.